The fraction of sp³-hybridized carbons (Fsp3) is 0.364. The maximum atomic E-state index is 13.1. The van der Waals surface area contributed by atoms with Crippen LogP contribution in [0.3, 0.4) is 0 Å². The molecule has 0 spiro atoms. The maximum absolute atomic E-state index is 13.1. The number of carbonyl (C=O) groups excluding carboxylic acids is 2. The number of furan rings is 1. The SMILES string of the molecule is CCCS(=O)(=O)c1ncc(Cl)c(C(=O)Nc2sc3c(c2C(=O)NCc2ccco2)CCCC3)n1. The van der Waals surface area contributed by atoms with Crippen LogP contribution < -0.4 is 10.6 Å². The molecular weight excluding hydrogens is 500 g/mol. The highest BCUT2D eigenvalue weighted by molar-refractivity contribution is 7.91. The summed E-state index contributed by atoms with van der Waals surface area (Å²) in [4.78, 5) is 35.0. The molecule has 1 aliphatic rings. The largest absolute Gasteiger partial charge is 0.467 e. The van der Waals surface area contributed by atoms with Crippen molar-refractivity contribution < 1.29 is 22.4 Å². The van der Waals surface area contributed by atoms with Gasteiger partial charge in [-0.15, -0.1) is 11.3 Å². The Morgan fingerprint density at radius 2 is 2.03 bits per heavy atom. The van der Waals surface area contributed by atoms with Crippen molar-refractivity contribution in [2.24, 2.45) is 0 Å². The molecule has 0 fully saturated rings. The molecule has 0 unspecified atom stereocenters. The molecule has 0 saturated carbocycles. The van der Waals surface area contributed by atoms with E-state index in [4.69, 9.17) is 16.0 Å². The predicted molar refractivity (Wildman–Crippen MR) is 128 cm³/mol. The minimum Gasteiger partial charge on any atom is -0.467 e. The number of amides is 2. The molecule has 0 aliphatic heterocycles. The maximum Gasteiger partial charge on any atom is 0.276 e. The normalized spacial score (nSPS) is 13.4. The molecule has 3 aromatic rings. The van der Waals surface area contributed by atoms with Crippen molar-refractivity contribution in [2.75, 3.05) is 11.1 Å². The van der Waals surface area contributed by atoms with E-state index >= 15 is 0 Å². The van der Waals surface area contributed by atoms with E-state index in [1.54, 1.807) is 19.1 Å². The third-order valence-electron chi connectivity index (χ3n) is 5.32. The topological polar surface area (TPSA) is 131 Å². The number of anilines is 1. The van der Waals surface area contributed by atoms with Crippen molar-refractivity contribution in [2.45, 2.75) is 50.7 Å². The molecule has 0 saturated heterocycles. The molecule has 0 bridgehead atoms. The lowest BCUT2D eigenvalue weighted by atomic mass is 9.95. The van der Waals surface area contributed by atoms with Gasteiger partial charge in [0.15, 0.2) is 5.69 Å². The Kier molecular flexibility index (Phi) is 7.34. The molecule has 2 N–H and O–H groups in total. The van der Waals surface area contributed by atoms with Crippen LogP contribution in [-0.4, -0.2) is 36.0 Å². The first-order valence-electron chi connectivity index (χ1n) is 10.8. The van der Waals surface area contributed by atoms with Gasteiger partial charge in [0.25, 0.3) is 11.8 Å². The highest BCUT2D eigenvalue weighted by Crippen LogP contribution is 2.38. The van der Waals surface area contributed by atoms with Crippen molar-refractivity contribution in [1.82, 2.24) is 15.3 Å². The van der Waals surface area contributed by atoms with Gasteiger partial charge in [-0.05, 0) is 49.8 Å². The lowest BCUT2D eigenvalue weighted by Gasteiger charge is -2.13. The fourth-order valence-electron chi connectivity index (χ4n) is 3.75. The molecule has 3 aromatic heterocycles. The molecule has 1 aliphatic carbocycles. The van der Waals surface area contributed by atoms with Gasteiger partial charge < -0.3 is 15.1 Å². The number of aryl methyl sites for hydroxylation is 1. The van der Waals surface area contributed by atoms with Crippen LogP contribution in [0.5, 0.6) is 0 Å². The van der Waals surface area contributed by atoms with Gasteiger partial charge in [-0.2, -0.15) is 0 Å². The summed E-state index contributed by atoms with van der Waals surface area (Å²) in [6, 6.07) is 3.49. The van der Waals surface area contributed by atoms with Gasteiger partial charge in [-0.25, -0.2) is 18.4 Å². The van der Waals surface area contributed by atoms with E-state index in [-0.39, 0.29) is 28.9 Å². The number of hydrogen-bond donors (Lipinski definition) is 2. The monoisotopic (exact) mass is 522 g/mol. The number of sulfone groups is 1. The van der Waals surface area contributed by atoms with E-state index in [9.17, 15) is 18.0 Å². The van der Waals surface area contributed by atoms with E-state index in [0.717, 1.165) is 42.3 Å². The van der Waals surface area contributed by atoms with Gasteiger partial charge >= 0.3 is 0 Å². The number of aromatic nitrogens is 2. The fourth-order valence-corrected chi connectivity index (χ4v) is 6.37. The average Bonchev–Trinajstić information content (AvgIpc) is 3.45. The van der Waals surface area contributed by atoms with Gasteiger partial charge in [0, 0.05) is 4.88 Å². The Morgan fingerprint density at radius 1 is 1.24 bits per heavy atom. The van der Waals surface area contributed by atoms with E-state index in [1.165, 1.54) is 17.6 Å². The Bertz CT molecular complexity index is 1320. The summed E-state index contributed by atoms with van der Waals surface area (Å²) in [5.41, 5.74) is 1.06. The summed E-state index contributed by atoms with van der Waals surface area (Å²) in [5.74, 6) is -0.574. The summed E-state index contributed by atoms with van der Waals surface area (Å²) in [6.07, 6.45) is 6.52. The summed E-state index contributed by atoms with van der Waals surface area (Å²) in [5, 5.41) is 5.41. The van der Waals surface area contributed by atoms with E-state index in [0.29, 0.717) is 22.7 Å². The standard InChI is InChI=1S/C22H23ClN4O5S2/c1-2-10-34(30,31)22-25-12-15(23)18(26-22)20(29)27-21-17(14-7-3-4-8-16(14)33-21)19(28)24-11-13-6-5-9-32-13/h5-6,9,12H,2-4,7-8,10-11H2,1H3,(H,24,28)(H,27,29). The lowest BCUT2D eigenvalue weighted by Crippen LogP contribution is -2.25. The van der Waals surface area contributed by atoms with Gasteiger partial charge in [0.1, 0.15) is 10.8 Å². The molecular formula is C22H23ClN4O5S2. The molecule has 0 aromatic carbocycles. The summed E-state index contributed by atoms with van der Waals surface area (Å²) in [6.45, 7) is 1.93. The van der Waals surface area contributed by atoms with Crippen LogP contribution >= 0.6 is 22.9 Å². The smallest absolute Gasteiger partial charge is 0.276 e. The van der Waals surface area contributed by atoms with Gasteiger partial charge in [0.2, 0.25) is 15.0 Å². The molecule has 12 heteroatoms. The Morgan fingerprint density at radius 3 is 2.76 bits per heavy atom. The predicted octanol–water partition coefficient (Wildman–Crippen LogP) is 4.03. The first-order valence-corrected chi connectivity index (χ1v) is 13.7. The van der Waals surface area contributed by atoms with Crippen molar-refractivity contribution >= 4 is 49.6 Å². The molecule has 2 amide bonds. The van der Waals surface area contributed by atoms with Crippen LogP contribution in [0.4, 0.5) is 5.00 Å². The second-order valence-electron chi connectivity index (χ2n) is 7.80. The minimum atomic E-state index is -3.74. The number of nitrogens with one attached hydrogen (secondary N) is 2. The Balaban J connectivity index is 1.63. The minimum absolute atomic E-state index is 0.0851. The number of nitrogens with zero attached hydrogens (tertiary/aromatic N) is 2. The van der Waals surface area contributed by atoms with Crippen LogP contribution in [0, 0.1) is 0 Å². The number of rotatable bonds is 8. The zero-order valence-corrected chi connectivity index (χ0v) is 20.8. The quantitative estimate of drug-likeness (QED) is 0.427. The molecule has 180 valence electrons. The van der Waals surface area contributed by atoms with Crippen LogP contribution in [0.25, 0.3) is 0 Å². The average molecular weight is 523 g/mol. The van der Waals surface area contributed by atoms with Crippen LogP contribution in [-0.2, 0) is 29.2 Å². The van der Waals surface area contributed by atoms with Crippen molar-refractivity contribution in [3.05, 3.63) is 57.1 Å². The van der Waals surface area contributed by atoms with E-state index in [1.807, 2.05) is 0 Å². The van der Waals surface area contributed by atoms with E-state index in [2.05, 4.69) is 20.6 Å². The molecule has 3 heterocycles. The first kappa shape index (κ1) is 24.4. The summed E-state index contributed by atoms with van der Waals surface area (Å²) in [7, 11) is -3.74. The van der Waals surface area contributed by atoms with Crippen LogP contribution in [0.1, 0.15) is 63.2 Å². The van der Waals surface area contributed by atoms with Gasteiger partial charge in [-0.3, -0.25) is 9.59 Å². The number of fused-ring (bicyclic) bond motifs is 1. The lowest BCUT2D eigenvalue weighted by molar-refractivity contribution is 0.0948. The van der Waals surface area contributed by atoms with Crippen molar-refractivity contribution in [3.8, 4) is 0 Å². The number of halogens is 1. The second kappa shape index (κ2) is 10.2. The molecule has 0 atom stereocenters. The highest BCUT2D eigenvalue weighted by Gasteiger charge is 2.28. The number of carbonyl (C=O) groups is 2. The number of thiophene rings is 1. The first-order chi connectivity index (χ1) is 16.3. The van der Waals surface area contributed by atoms with E-state index < -0.39 is 20.9 Å². The third-order valence-corrected chi connectivity index (χ3v) is 8.50. The summed E-state index contributed by atoms with van der Waals surface area (Å²) >= 11 is 7.47. The van der Waals surface area contributed by atoms with Crippen LogP contribution in [0.2, 0.25) is 5.02 Å². The zero-order valence-electron chi connectivity index (χ0n) is 18.4. The molecule has 4 rings (SSSR count). The summed E-state index contributed by atoms with van der Waals surface area (Å²) < 4.78 is 30.0. The Labute approximate surface area is 205 Å². The molecule has 0 radical (unpaired) electrons. The molecule has 9 nitrogen and oxygen atoms in total. The number of hydrogen-bond acceptors (Lipinski definition) is 8. The third kappa shape index (κ3) is 5.16. The zero-order chi connectivity index (χ0) is 24.3. The van der Waals surface area contributed by atoms with Gasteiger partial charge in [0.05, 0.1) is 35.3 Å². The van der Waals surface area contributed by atoms with Gasteiger partial charge in [-0.1, -0.05) is 18.5 Å². The Hall–Kier alpha value is -2.76. The van der Waals surface area contributed by atoms with Crippen molar-refractivity contribution in [3.63, 3.8) is 0 Å². The van der Waals surface area contributed by atoms with Crippen LogP contribution in [0.15, 0.2) is 34.2 Å². The highest BCUT2D eigenvalue weighted by atomic mass is 35.5. The second-order valence-corrected chi connectivity index (χ2v) is 11.3. The van der Waals surface area contributed by atoms with Crippen molar-refractivity contribution in [1.29, 1.82) is 0 Å². The molecule has 34 heavy (non-hydrogen) atoms.